The standard InChI is InChI=1S/C30H27ClF3N3/c1-22-21-36(19-20-37(22)27-18-17-26(28(31)35-27)30(32,33)34)29(23-11-5-2-6-12-23,24-13-7-3-8-14-24)25-15-9-4-10-16-25/h2-18,22H,19-21H2,1H3/t22-/m0/s1. The molecule has 2 heterocycles. The second-order valence-electron chi connectivity index (χ2n) is 9.30. The van der Waals surface area contributed by atoms with Crippen LogP contribution in [-0.2, 0) is 11.7 Å². The van der Waals surface area contributed by atoms with Crippen molar-refractivity contribution in [3.8, 4) is 0 Å². The number of halogens is 4. The van der Waals surface area contributed by atoms with E-state index in [2.05, 4.69) is 89.6 Å². The normalized spacial score (nSPS) is 17.1. The summed E-state index contributed by atoms with van der Waals surface area (Å²) < 4.78 is 39.7. The van der Waals surface area contributed by atoms with E-state index < -0.39 is 22.4 Å². The van der Waals surface area contributed by atoms with Crippen LogP contribution in [0.2, 0.25) is 5.15 Å². The molecule has 1 aliphatic heterocycles. The maximum atomic E-state index is 13.2. The van der Waals surface area contributed by atoms with Gasteiger partial charge in [0.1, 0.15) is 11.0 Å². The molecule has 0 aliphatic carbocycles. The molecule has 5 rings (SSSR count). The van der Waals surface area contributed by atoms with Gasteiger partial charge in [-0.3, -0.25) is 4.90 Å². The molecule has 1 fully saturated rings. The number of hydrogen-bond donors (Lipinski definition) is 0. The molecule has 7 heteroatoms. The summed E-state index contributed by atoms with van der Waals surface area (Å²) in [6.07, 6.45) is -4.53. The highest BCUT2D eigenvalue weighted by molar-refractivity contribution is 6.30. The Bertz CT molecular complexity index is 1230. The predicted molar refractivity (Wildman–Crippen MR) is 142 cm³/mol. The molecule has 1 saturated heterocycles. The number of alkyl halides is 3. The van der Waals surface area contributed by atoms with Gasteiger partial charge in [-0.05, 0) is 35.7 Å². The lowest BCUT2D eigenvalue weighted by Gasteiger charge is -2.51. The van der Waals surface area contributed by atoms with E-state index in [-0.39, 0.29) is 6.04 Å². The van der Waals surface area contributed by atoms with Crippen LogP contribution in [0.4, 0.5) is 19.0 Å². The van der Waals surface area contributed by atoms with E-state index in [0.29, 0.717) is 25.5 Å². The fraction of sp³-hybridized carbons (Fsp3) is 0.233. The van der Waals surface area contributed by atoms with Gasteiger partial charge in [-0.1, -0.05) is 103 Å². The van der Waals surface area contributed by atoms with Crippen molar-refractivity contribution in [2.45, 2.75) is 24.7 Å². The highest BCUT2D eigenvalue weighted by atomic mass is 35.5. The third-order valence-electron chi connectivity index (χ3n) is 7.11. The third kappa shape index (κ3) is 4.72. The van der Waals surface area contributed by atoms with Crippen molar-refractivity contribution < 1.29 is 13.2 Å². The summed E-state index contributed by atoms with van der Waals surface area (Å²) in [6, 6.07) is 33.8. The molecule has 37 heavy (non-hydrogen) atoms. The number of hydrogen-bond acceptors (Lipinski definition) is 3. The van der Waals surface area contributed by atoms with Gasteiger partial charge in [-0.2, -0.15) is 13.2 Å². The molecule has 0 amide bonds. The SMILES string of the molecule is C[C@H]1CN(C(c2ccccc2)(c2ccccc2)c2ccccc2)CCN1c1ccc(C(F)(F)F)c(Cl)n1. The van der Waals surface area contributed by atoms with Gasteiger partial charge in [0.15, 0.2) is 0 Å². The van der Waals surface area contributed by atoms with Gasteiger partial charge in [0, 0.05) is 25.7 Å². The largest absolute Gasteiger partial charge is 0.419 e. The first kappa shape index (κ1) is 25.3. The summed E-state index contributed by atoms with van der Waals surface area (Å²) in [6.45, 7) is 4.00. The van der Waals surface area contributed by atoms with E-state index in [1.165, 1.54) is 6.07 Å². The Balaban J connectivity index is 1.56. The van der Waals surface area contributed by atoms with Crippen molar-refractivity contribution in [1.29, 1.82) is 0 Å². The molecule has 190 valence electrons. The van der Waals surface area contributed by atoms with Gasteiger partial charge in [0.25, 0.3) is 0 Å². The highest BCUT2D eigenvalue weighted by Gasteiger charge is 2.44. The Morgan fingerprint density at radius 1 is 0.730 bits per heavy atom. The van der Waals surface area contributed by atoms with E-state index in [0.717, 1.165) is 22.8 Å². The van der Waals surface area contributed by atoms with Gasteiger partial charge < -0.3 is 4.90 Å². The quantitative estimate of drug-likeness (QED) is 0.203. The van der Waals surface area contributed by atoms with Crippen molar-refractivity contribution in [2.24, 2.45) is 0 Å². The lowest BCUT2D eigenvalue weighted by atomic mass is 9.75. The molecule has 0 radical (unpaired) electrons. The number of aromatic nitrogens is 1. The average molecular weight is 522 g/mol. The summed E-state index contributed by atoms with van der Waals surface area (Å²) in [4.78, 5) is 8.64. The highest BCUT2D eigenvalue weighted by Crippen LogP contribution is 2.44. The van der Waals surface area contributed by atoms with E-state index in [1.54, 1.807) is 0 Å². The van der Waals surface area contributed by atoms with Crippen LogP contribution in [0.5, 0.6) is 0 Å². The lowest BCUT2D eigenvalue weighted by Crippen LogP contribution is -2.60. The van der Waals surface area contributed by atoms with E-state index in [4.69, 9.17) is 11.6 Å². The molecule has 0 spiro atoms. The molecular weight excluding hydrogens is 495 g/mol. The second-order valence-corrected chi connectivity index (χ2v) is 9.66. The lowest BCUT2D eigenvalue weighted by molar-refractivity contribution is -0.137. The smallest absolute Gasteiger partial charge is 0.351 e. The monoisotopic (exact) mass is 521 g/mol. The first-order valence-corrected chi connectivity index (χ1v) is 12.6. The molecule has 0 N–H and O–H groups in total. The molecule has 1 atom stereocenters. The van der Waals surface area contributed by atoms with Crippen LogP contribution in [-0.4, -0.2) is 35.6 Å². The van der Waals surface area contributed by atoms with Crippen LogP contribution >= 0.6 is 11.6 Å². The average Bonchev–Trinajstić information content (AvgIpc) is 2.90. The number of anilines is 1. The Kier molecular flexibility index (Phi) is 6.97. The summed E-state index contributed by atoms with van der Waals surface area (Å²) in [5.74, 6) is 0.454. The molecule has 0 unspecified atom stereocenters. The maximum Gasteiger partial charge on any atom is 0.419 e. The number of nitrogens with zero attached hydrogens (tertiary/aromatic N) is 3. The van der Waals surface area contributed by atoms with Crippen LogP contribution in [0.25, 0.3) is 0 Å². The molecule has 0 saturated carbocycles. The zero-order valence-electron chi connectivity index (χ0n) is 20.4. The number of pyridine rings is 1. The Hall–Kier alpha value is -3.35. The minimum atomic E-state index is -4.53. The molecular formula is C30H27ClF3N3. The number of benzene rings is 3. The molecule has 3 aromatic carbocycles. The Morgan fingerprint density at radius 2 is 1.22 bits per heavy atom. The van der Waals surface area contributed by atoms with Crippen LogP contribution in [0, 0.1) is 0 Å². The third-order valence-corrected chi connectivity index (χ3v) is 7.40. The topological polar surface area (TPSA) is 19.4 Å². The Morgan fingerprint density at radius 3 is 1.62 bits per heavy atom. The minimum Gasteiger partial charge on any atom is -0.351 e. The minimum absolute atomic E-state index is 0.0236. The van der Waals surface area contributed by atoms with Gasteiger partial charge >= 0.3 is 6.18 Å². The van der Waals surface area contributed by atoms with Gasteiger partial charge in [0.05, 0.1) is 11.1 Å². The van der Waals surface area contributed by atoms with Crippen LogP contribution in [0.3, 0.4) is 0 Å². The summed E-state index contributed by atoms with van der Waals surface area (Å²) in [7, 11) is 0. The van der Waals surface area contributed by atoms with Crippen molar-refractivity contribution in [3.63, 3.8) is 0 Å². The summed E-state index contributed by atoms with van der Waals surface area (Å²) >= 11 is 5.95. The Labute approximate surface area is 220 Å². The van der Waals surface area contributed by atoms with Crippen LogP contribution < -0.4 is 4.90 Å². The second kappa shape index (κ2) is 10.2. The van der Waals surface area contributed by atoms with Crippen molar-refractivity contribution >= 4 is 17.4 Å². The van der Waals surface area contributed by atoms with Crippen molar-refractivity contribution in [1.82, 2.24) is 9.88 Å². The zero-order chi connectivity index (χ0) is 26.0. The first-order chi connectivity index (χ1) is 17.8. The molecule has 4 aromatic rings. The van der Waals surface area contributed by atoms with E-state index in [9.17, 15) is 13.2 Å². The predicted octanol–water partition coefficient (Wildman–Crippen LogP) is 7.26. The molecule has 0 bridgehead atoms. The van der Waals surface area contributed by atoms with Crippen molar-refractivity contribution in [2.75, 3.05) is 24.5 Å². The van der Waals surface area contributed by atoms with Gasteiger partial charge in [0.2, 0.25) is 0 Å². The van der Waals surface area contributed by atoms with E-state index >= 15 is 0 Å². The molecule has 1 aromatic heterocycles. The number of piperazine rings is 1. The van der Waals surface area contributed by atoms with Crippen molar-refractivity contribution in [3.05, 3.63) is 131 Å². The fourth-order valence-corrected chi connectivity index (χ4v) is 5.74. The summed E-state index contributed by atoms with van der Waals surface area (Å²) in [5, 5.41) is -0.521. The zero-order valence-corrected chi connectivity index (χ0v) is 21.1. The maximum absolute atomic E-state index is 13.2. The van der Waals surface area contributed by atoms with Gasteiger partial charge in [-0.25, -0.2) is 4.98 Å². The first-order valence-electron chi connectivity index (χ1n) is 12.2. The van der Waals surface area contributed by atoms with Crippen LogP contribution in [0.15, 0.2) is 103 Å². The molecule has 1 aliphatic rings. The fourth-order valence-electron chi connectivity index (χ4n) is 5.48. The van der Waals surface area contributed by atoms with E-state index in [1.807, 2.05) is 23.1 Å². The van der Waals surface area contributed by atoms with Crippen LogP contribution in [0.1, 0.15) is 29.2 Å². The molecule has 3 nitrogen and oxygen atoms in total. The number of rotatable bonds is 5. The summed E-state index contributed by atoms with van der Waals surface area (Å²) in [5.41, 5.74) is 2.01. The van der Waals surface area contributed by atoms with Gasteiger partial charge in [-0.15, -0.1) is 0 Å².